The van der Waals surface area contributed by atoms with Gasteiger partial charge >= 0.3 is 0 Å². The molecule has 0 saturated carbocycles. The third kappa shape index (κ3) is 3.43. The highest BCUT2D eigenvalue weighted by Crippen LogP contribution is 2.28. The predicted molar refractivity (Wildman–Crippen MR) is 82.6 cm³/mol. The molecule has 2 atom stereocenters. The van der Waals surface area contributed by atoms with Crippen LogP contribution in [0.4, 0.5) is 0 Å². The Morgan fingerprint density at radius 2 is 1.95 bits per heavy atom. The van der Waals surface area contributed by atoms with Gasteiger partial charge < -0.3 is 5.32 Å². The van der Waals surface area contributed by atoms with Crippen LogP contribution in [0.5, 0.6) is 0 Å². The van der Waals surface area contributed by atoms with Crippen LogP contribution in [0.3, 0.4) is 0 Å². The summed E-state index contributed by atoms with van der Waals surface area (Å²) in [6.07, 6.45) is 4.81. The second-order valence-corrected chi connectivity index (χ2v) is 6.46. The number of pyridine rings is 1. The summed E-state index contributed by atoms with van der Waals surface area (Å²) in [6, 6.07) is 7.26. The summed E-state index contributed by atoms with van der Waals surface area (Å²) in [6.45, 7) is 8.85. The van der Waals surface area contributed by atoms with E-state index in [1.54, 1.807) is 0 Å². The van der Waals surface area contributed by atoms with Crippen molar-refractivity contribution in [3.05, 3.63) is 51.5 Å². The zero-order valence-corrected chi connectivity index (χ0v) is 12.9. The molecule has 2 nitrogen and oxygen atoms in total. The standard InChI is InChI=1S/C16H22N2S/c1-5-16(14-6-8-17-9-7-14)18-12(3)15-10-11(2)19-13(15)4/h6-10,12,16,18H,5H2,1-4H3/t12-,16-/m1/s1. The van der Waals surface area contributed by atoms with E-state index in [9.17, 15) is 0 Å². The highest BCUT2D eigenvalue weighted by Gasteiger charge is 2.16. The fourth-order valence-electron chi connectivity index (χ4n) is 2.52. The quantitative estimate of drug-likeness (QED) is 0.864. The normalized spacial score (nSPS) is 14.3. The first-order valence-corrected chi connectivity index (χ1v) is 7.66. The van der Waals surface area contributed by atoms with E-state index in [1.165, 1.54) is 20.9 Å². The third-order valence-corrected chi connectivity index (χ3v) is 4.50. The molecule has 2 aromatic rings. The van der Waals surface area contributed by atoms with Crippen LogP contribution in [-0.4, -0.2) is 4.98 Å². The fraction of sp³-hybridized carbons (Fsp3) is 0.438. The van der Waals surface area contributed by atoms with Crippen molar-refractivity contribution in [2.75, 3.05) is 0 Å². The molecule has 2 aromatic heterocycles. The Labute approximate surface area is 119 Å². The van der Waals surface area contributed by atoms with Crippen LogP contribution in [0.2, 0.25) is 0 Å². The van der Waals surface area contributed by atoms with Gasteiger partial charge in [0.25, 0.3) is 0 Å². The summed E-state index contributed by atoms with van der Waals surface area (Å²) < 4.78 is 0. The molecule has 19 heavy (non-hydrogen) atoms. The maximum Gasteiger partial charge on any atom is 0.0324 e. The van der Waals surface area contributed by atoms with Gasteiger partial charge in [0.05, 0.1) is 0 Å². The molecule has 0 aliphatic rings. The molecule has 0 unspecified atom stereocenters. The van der Waals surface area contributed by atoms with Gasteiger partial charge in [-0.15, -0.1) is 11.3 Å². The van der Waals surface area contributed by atoms with Crippen molar-refractivity contribution in [1.82, 2.24) is 10.3 Å². The minimum atomic E-state index is 0.378. The smallest absolute Gasteiger partial charge is 0.0324 e. The van der Waals surface area contributed by atoms with Crippen LogP contribution < -0.4 is 5.32 Å². The Kier molecular flexibility index (Phi) is 4.72. The van der Waals surface area contributed by atoms with Crippen molar-refractivity contribution in [2.24, 2.45) is 0 Å². The molecule has 0 spiro atoms. The second-order valence-electron chi connectivity index (χ2n) is 5.00. The summed E-state index contributed by atoms with van der Waals surface area (Å²) in [4.78, 5) is 6.90. The van der Waals surface area contributed by atoms with Crippen LogP contribution in [-0.2, 0) is 0 Å². The van der Waals surface area contributed by atoms with Gasteiger partial charge in [-0.25, -0.2) is 0 Å². The molecule has 0 aliphatic heterocycles. The lowest BCUT2D eigenvalue weighted by atomic mass is 10.0. The van der Waals surface area contributed by atoms with E-state index < -0.39 is 0 Å². The van der Waals surface area contributed by atoms with Crippen LogP contribution in [0.25, 0.3) is 0 Å². The summed E-state index contributed by atoms with van der Waals surface area (Å²) in [5.74, 6) is 0. The van der Waals surface area contributed by atoms with Crippen molar-refractivity contribution in [1.29, 1.82) is 0 Å². The van der Waals surface area contributed by atoms with E-state index in [2.05, 4.69) is 56.2 Å². The van der Waals surface area contributed by atoms with Crippen molar-refractivity contribution in [2.45, 2.75) is 46.2 Å². The molecule has 0 saturated heterocycles. The van der Waals surface area contributed by atoms with E-state index in [0.29, 0.717) is 12.1 Å². The van der Waals surface area contributed by atoms with Gasteiger partial charge in [0, 0.05) is 34.2 Å². The molecule has 0 aromatic carbocycles. The lowest BCUT2D eigenvalue weighted by Crippen LogP contribution is -2.24. The van der Waals surface area contributed by atoms with Gasteiger partial charge in [-0.05, 0) is 56.5 Å². The lowest BCUT2D eigenvalue weighted by Gasteiger charge is -2.23. The number of nitrogens with one attached hydrogen (secondary N) is 1. The first-order chi connectivity index (χ1) is 9.11. The Balaban J connectivity index is 2.13. The number of rotatable bonds is 5. The van der Waals surface area contributed by atoms with E-state index in [0.717, 1.165) is 6.42 Å². The molecule has 0 radical (unpaired) electrons. The van der Waals surface area contributed by atoms with E-state index in [4.69, 9.17) is 0 Å². The summed E-state index contributed by atoms with van der Waals surface area (Å²) in [5, 5.41) is 3.73. The van der Waals surface area contributed by atoms with Crippen LogP contribution >= 0.6 is 11.3 Å². The van der Waals surface area contributed by atoms with Crippen LogP contribution in [0.1, 0.15) is 53.2 Å². The molecule has 0 amide bonds. The first-order valence-electron chi connectivity index (χ1n) is 6.84. The number of thiophene rings is 1. The molecule has 102 valence electrons. The Hall–Kier alpha value is -1.19. The summed E-state index contributed by atoms with van der Waals surface area (Å²) >= 11 is 1.88. The molecule has 2 heterocycles. The number of aromatic nitrogens is 1. The number of hydrogen-bond acceptors (Lipinski definition) is 3. The Bertz CT molecular complexity index is 519. The largest absolute Gasteiger partial charge is 0.303 e. The molecular weight excluding hydrogens is 252 g/mol. The molecule has 1 N–H and O–H groups in total. The average molecular weight is 274 g/mol. The van der Waals surface area contributed by atoms with Gasteiger partial charge in [0.1, 0.15) is 0 Å². The van der Waals surface area contributed by atoms with Gasteiger partial charge in [0.2, 0.25) is 0 Å². The number of hydrogen-bond donors (Lipinski definition) is 1. The Morgan fingerprint density at radius 3 is 2.47 bits per heavy atom. The predicted octanol–water partition coefficient (Wildman–Crippen LogP) is 4.56. The number of nitrogens with zero attached hydrogens (tertiary/aromatic N) is 1. The molecule has 0 aliphatic carbocycles. The molecule has 0 bridgehead atoms. The van der Waals surface area contributed by atoms with Gasteiger partial charge in [-0.1, -0.05) is 6.92 Å². The van der Waals surface area contributed by atoms with Crippen LogP contribution in [0.15, 0.2) is 30.6 Å². The van der Waals surface area contributed by atoms with Crippen molar-refractivity contribution >= 4 is 11.3 Å². The van der Waals surface area contributed by atoms with Gasteiger partial charge in [-0.2, -0.15) is 0 Å². The minimum absolute atomic E-state index is 0.378. The van der Waals surface area contributed by atoms with E-state index in [1.807, 2.05) is 23.7 Å². The first kappa shape index (κ1) is 14.2. The zero-order valence-electron chi connectivity index (χ0n) is 12.1. The van der Waals surface area contributed by atoms with Crippen molar-refractivity contribution < 1.29 is 0 Å². The highest BCUT2D eigenvalue weighted by molar-refractivity contribution is 7.12. The third-order valence-electron chi connectivity index (χ3n) is 3.51. The number of aryl methyl sites for hydroxylation is 2. The maximum absolute atomic E-state index is 4.09. The monoisotopic (exact) mass is 274 g/mol. The summed E-state index contributed by atoms with van der Waals surface area (Å²) in [5.41, 5.74) is 2.74. The van der Waals surface area contributed by atoms with E-state index >= 15 is 0 Å². The highest BCUT2D eigenvalue weighted by atomic mass is 32.1. The van der Waals surface area contributed by atoms with Crippen molar-refractivity contribution in [3.63, 3.8) is 0 Å². The molecule has 2 rings (SSSR count). The zero-order chi connectivity index (χ0) is 13.8. The average Bonchev–Trinajstić information content (AvgIpc) is 2.76. The topological polar surface area (TPSA) is 24.9 Å². The maximum atomic E-state index is 4.09. The lowest BCUT2D eigenvalue weighted by molar-refractivity contribution is 0.456. The fourth-order valence-corrected chi connectivity index (χ4v) is 3.54. The summed E-state index contributed by atoms with van der Waals surface area (Å²) in [7, 11) is 0. The molecule has 0 fully saturated rings. The van der Waals surface area contributed by atoms with Crippen LogP contribution in [0, 0.1) is 13.8 Å². The SMILES string of the molecule is CC[C@@H](N[C@H](C)c1cc(C)sc1C)c1ccncc1. The van der Waals surface area contributed by atoms with Gasteiger partial charge in [0.15, 0.2) is 0 Å². The van der Waals surface area contributed by atoms with Gasteiger partial charge in [-0.3, -0.25) is 4.98 Å². The Morgan fingerprint density at radius 1 is 1.26 bits per heavy atom. The molecular formula is C16H22N2S. The second kappa shape index (κ2) is 6.31. The van der Waals surface area contributed by atoms with Crippen molar-refractivity contribution in [3.8, 4) is 0 Å². The molecule has 3 heteroatoms. The van der Waals surface area contributed by atoms with E-state index in [-0.39, 0.29) is 0 Å². The minimum Gasteiger partial charge on any atom is -0.303 e.